The summed E-state index contributed by atoms with van der Waals surface area (Å²) in [4.78, 5) is 3.31. The van der Waals surface area contributed by atoms with Gasteiger partial charge in [-0.05, 0) is 29.6 Å². The molecule has 0 saturated carbocycles. The van der Waals surface area contributed by atoms with Crippen molar-refractivity contribution in [1.29, 1.82) is 0 Å². The lowest BCUT2D eigenvalue weighted by atomic mass is 10.1. The molecule has 0 saturated heterocycles. The van der Waals surface area contributed by atoms with Crippen LogP contribution >= 0.6 is 11.8 Å². The molecule has 14 heavy (non-hydrogen) atoms. The van der Waals surface area contributed by atoms with Crippen LogP contribution in [0.1, 0.15) is 12.5 Å². The third-order valence-electron chi connectivity index (χ3n) is 2.39. The number of benzene rings is 1. The fourth-order valence-electron chi connectivity index (χ4n) is 1.66. The highest BCUT2D eigenvalue weighted by molar-refractivity contribution is 7.99. The van der Waals surface area contributed by atoms with E-state index in [1.807, 2.05) is 11.8 Å². The first kappa shape index (κ1) is 9.66. The molecule has 0 unspecified atom stereocenters. The highest BCUT2D eigenvalue weighted by Crippen LogP contribution is 2.19. The Hall–Kier alpha value is -0.890. The van der Waals surface area contributed by atoms with Gasteiger partial charge in [-0.25, -0.2) is 0 Å². The van der Waals surface area contributed by atoms with Crippen molar-refractivity contribution in [1.82, 2.24) is 4.98 Å². The SMILES string of the molecule is CCSCCc1c[nH]c2ccccc12. The number of aryl methyl sites for hydroxylation is 1. The molecule has 0 atom stereocenters. The zero-order valence-corrected chi connectivity index (χ0v) is 9.23. The third-order valence-corrected chi connectivity index (χ3v) is 3.30. The van der Waals surface area contributed by atoms with Gasteiger partial charge in [-0.3, -0.25) is 0 Å². The zero-order chi connectivity index (χ0) is 9.80. The molecule has 0 aliphatic heterocycles. The number of fused-ring (bicyclic) bond motifs is 1. The molecule has 0 amide bonds. The lowest BCUT2D eigenvalue weighted by molar-refractivity contribution is 1.17. The summed E-state index contributed by atoms with van der Waals surface area (Å²) in [5, 5.41) is 1.38. The van der Waals surface area contributed by atoms with Crippen LogP contribution in [0.5, 0.6) is 0 Å². The summed E-state index contributed by atoms with van der Waals surface area (Å²) in [6, 6.07) is 8.50. The van der Waals surface area contributed by atoms with Gasteiger partial charge in [0.05, 0.1) is 0 Å². The number of para-hydroxylation sites is 1. The average Bonchev–Trinajstić information content (AvgIpc) is 2.63. The fourth-order valence-corrected chi connectivity index (χ4v) is 2.32. The van der Waals surface area contributed by atoms with Gasteiger partial charge in [0.15, 0.2) is 0 Å². The van der Waals surface area contributed by atoms with Gasteiger partial charge in [0.25, 0.3) is 0 Å². The Balaban J connectivity index is 2.17. The Labute approximate surface area is 88.9 Å². The van der Waals surface area contributed by atoms with Gasteiger partial charge >= 0.3 is 0 Å². The lowest BCUT2D eigenvalue weighted by Crippen LogP contribution is -1.86. The van der Waals surface area contributed by atoms with Crippen molar-refractivity contribution in [3.63, 3.8) is 0 Å². The number of rotatable bonds is 4. The number of hydrogen-bond donors (Lipinski definition) is 1. The molecule has 2 rings (SSSR count). The molecule has 0 spiro atoms. The van der Waals surface area contributed by atoms with E-state index in [1.165, 1.54) is 34.4 Å². The molecule has 2 heteroatoms. The summed E-state index contributed by atoms with van der Waals surface area (Å²) in [5.74, 6) is 2.43. The minimum absolute atomic E-state index is 1.17. The van der Waals surface area contributed by atoms with Crippen LogP contribution < -0.4 is 0 Å². The first-order valence-electron chi connectivity index (χ1n) is 5.04. The van der Waals surface area contributed by atoms with Gasteiger partial charge in [-0.2, -0.15) is 11.8 Å². The Bertz CT molecular complexity index is 405. The average molecular weight is 205 g/mol. The van der Waals surface area contributed by atoms with Gasteiger partial charge in [-0.15, -0.1) is 0 Å². The standard InChI is InChI=1S/C12H15NS/c1-2-14-8-7-10-9-13-12-6-4-3-5-11(10)12/h3-6,9,13H,2,7-8H2,1H3. The Morgan fingerprint density at radius 3 is 3.00 bits per heavy atom. The second kappa shape index (κ2) is 4.56. The van der Waals surface area contributed by atoms with E-state index in [0.717, 1.165) is 0 Å². The first-order chi connectivity index (χ1) is 6.92. The summed E-state index contributed by atoms with van der Waals surface area (Å²) in [6.07, 6.45) is 3.31. The molecule has 0 radical (unpaired) electrons. The Kier molecular flexibility index (Phi) is 3.14. The predicted octanol–water partition coefficient (Wildman–Crippen LogP) is 3.46. The molecular weight excluding hydrogens is 190 g/mol. The predicted molar refractivity (Wildman–Crippen MR) is 65.0 cm³/mol. The summed E-state index contributed by atoms with van der Waals surface area (Å²) >= 11 is 2.00. The van der Waals surface area contributed by atoms with E-state index in [1.54, 1.807) is 0 Å². The van der Waals surface area contributed by atoms with E-state index in [0.29, 0.717) is 0 Å². The molecule has 74 valence electrons. The van der Waals surface area contributed by atoms with Crippen LogP contribution in [0.15, 0.2) is 30.5 Å². The van der Waals surface area contributed by atoms with Crippen molar-refractivity contribution >= 4 is 22.7 Å². The topological polar surface area (TPSA) is 15.8 Å². The normalized spacial score (nSPS) is 10.9. The van der Waals surface area contributed by atoms with Crippen LogP contribution in [0.2, 0.25) is 0 Å². The molecule has 0 aliphatic rings. The molecule has 2 aromatic rings. The van der Waals surface area contributed by atoms with Crippen molar-refractivity contribution in [2.45, 2.75) is 13.3 Å². The maximum atomic E-state index is 3.31. The van der Waals surface area contributed by atoms with E-state index in [2.05, 4.69) is 42.4 Å². The lowest BCUT2D eigenvalue weighted by Gasteiger charge is -1.97. The van der Waals surface area contributed by atoms with E-state index >= 15 is 0 Å². The van der Waals surface area contributed by atoms with Gasteiger partial charge < -0.3 is 4.98 Å². The van der Waals surface area contributed by atoms with Gasteiger partial charge in [0.1, 0.15) is 0 Å². The number of hydrogen-bond acceptors (Lipinski definition) is 1. The number of nitrogens with one attached hydrogen (secondary N) is 1. The van der Waals surface area contributed by atoms with Crippen LogP contribution in [-0.2, 0) is 6.42 Å². The smallest absolute Gasteiger partial charge is 0.0456 e. The quantitative estimate of drug-likeness (QED) is 0.756. The van der Waals surface area contributed by atoms with Gasteiger partial charge in [0.2, 0.25) is 0 Å². The highest BCUT2D eigenvalue weighted by atomic mass is 32.2. The summed E-state index contributed by atoms with van der Waals surface area (Å²) in [7, 11) is 0. The van der Waals surface area contributed by atoms with E-state index in [-0.39, 0.29) is 0 Å². The molecular formula is C12H15NS. The number of thioether (sulfide) groups is 1. The van der Waals surface area contributed by atoms with E-state index in [9.17, 15) is 0 Å². The summed E-state index contributed by atoms with van der Waals surface area (Å²) in [6.45, 7) is 2.21. The highest BCUT2D eigenvalue weighted by Gasteiger charge is 2.01. The number of aromatic nitrogens is 1. The van der Waals surface area contributed by atoms with Gasteiger partial charge in [0, 0.05) is 17.1 Å². The minimum Gasteiger partial charge on any atom is -0.361 e. The molecule has 0 bridgehead atoms. The van der Waals surface area contributed by atoms with Gasteiger partial charge in [-0.1, -0.05) is 25.1 Å². The summed E-state index contributed by atoms with van der Waals surface area (Å²) in [5.41, 5.74) is 2.70. The molecule has 1 aromatic carbocycles. The van der Waals surface area contributed by atoms with Crippen LogP contribution in [0.25, 0.3) is 10.9 Å². The maximum Gasteiger partial charge on any atom is 0.0456 e. The number of H-pyrrole nitrogens is 1. The molecule has 1 heterocycles. The fraction of sp³-hybridized carbons (Fsp3) is 0.333. The summed E-state index contributed by atoms with van der Waals surface area (Å²) < 4.78 is 0. The van der Waals surface area contributed by atoms with Crippen molar-refractivity contribution < 1.29 is 0 Å². The second-order valence-corrected chi connectivity index (χ2v) is 4.70. The maximum absolute atomic E-state index is 3.31. The van der Waals surface area contributed by atoms with E-state index in [4.69, 9.17) is 0 Å². The molecule has 1 aromatic heterocycles. The van der Waals surface area contributed by atoms with Crippen LogP contribution in [0.3, 0.4) is 0 Å². The molecule has 0 fully saturated rings. The second-order valence-electron chi connectivity index (χ2n) is 3.31. The Morgan fingerprint density at radius 1 is 1.29 bits per heavy atom. The van der Waals surface area contributed by atoms with Crippen molar-refractivity contribution in [2.24, 2.45) is 0 Å². The largest absolute Gasteiger partial charge is 0.361 e. The van der Waals surface area contributed by atoms with Crippen LogP contribution in [0, 0.1) is 0 Å². The first-order valence-corrected chi connectivity index (χ1v) is 6.20. The van der Waals surface area contributed by atoms with Crippen molar-refractivity contribution in [3.05, 3.63) is 36.0 Å². The zero-order valence-electron chi connectivity index (χ0n) is 8.42. The van der Waals surface area contributed by atoms with Crippen LogP contribution in [-0.4, -0.2) is 16.5 Å². The molecule has 1 N–H and O–H groups in total. The molecule has 0 aliphatic carbocycles. The Morgan fingerprint density at radius 2 is 2.14 bits per heavy atom. The van der Waals surface area contributed by atoms with Crippen molar-refractivity contribution in [2.75, 3.05) is 11.5 Å². The van der Waals surface area contributed by atoms with E-state index < -0.39 is 0 Å². The van der Waals surface area contributed by atoms with Crippen molar-refractivity contribution in [3.8, 4) is 0 Å². The van der Waals surface area contributed by atoms with Crippen LogP contribution in [0.4, 0.5) is 0 Å². The third kappa shape index (κ3) is 1.95. The number of aromatic amines is 1. The minimum atomic E-state index is 1.17. The molecule has 1 nitrogen and oxygen atoms in total. The monoisotopic (exact) mass is 205 g/mol.